The molecule has 0 aliphatic carbocycles. The fourth-order valence-corrected chi connectivity index (χ4v) is 1.85. The second-order valence-electron chi connectivity index (χ2n) is 4.02. The molecule has 1 heterocycles. The highest BCUT2D eigenvalue weighted by molar-refractivity contribution is 6.31. The minimum atomic E-state index is -0.228. The third-order valence-corrected chi connectivity index (χ3v) is 2.84. The van der Waals surface area contributed by atoms with Gasteiger partial charge in [0.1, 0.15) is 6.33 Å². The summed E-state index contributed by atoms with van der Waals surface area (Å²) in [6, 6.07) is 4.97. The molecule has 0 saturated heterocycles. The molecular weight excluding hydrogens is 282 g/mol. The van der Waals surface area contributed by atoms with Crippen molar-refractivity contribution < 1.29 is 9.53 Å². The molecule has 1 aromatic carbocycles. The first-order valence-electron chi connectivity index (χ1n) is 6.02. The highest BCUT2D eigenvalue weighted by Crippen LogP contribution is 2.18. The van der Waals surface area contributed by atoms with E-state index in [1.807, 2.05) is 0 Å². The lowest BCUT2D eigenvalue weighted by atomic mass is 10.1. The number of aromatic nitrogens is 4. The van der Waals surface area contributed by atoms with Gasteiger partial charge >= 0.3 is 0 Å². The van der Waals surface area contributed by atoms with Crippen molar-refractivity contribution in [2.45, 2.75) is 6.42 Å². The standard InChI is InChI=1S/C12H14ClN5O2/c1-20-6-2-5-14-12(19)10-7-9(13)3-4-11(10)18-8-15-16-17-18/h3-4,7-8H,2,5-6H2,1H3,(H,14,19). The van der Waals surface area contributed by atoms with Crippen LogP contribution in [0.2, 0.25) is 5.02 Å². The molecule has 0 bridgehead atoms. The number of ether oxygens (including phenoxy) is 1. The lowest BCUT2D eigenvalue weighted by Gasteiger charge is -2.09. The maximum Gasteiger partial charge on any atom is 0.253 e. The van der Waals surface area contributed by atoms with Crippen molar-refractivity contribution in [2.24, 2.45) is 0 Å². The maximum atomic E-state index is 12.2. The van der Waals surface area contributed by atoms with Gasteiger partial charge in [-0.05, 0) is 35.0 Å². The van der Waals surface area contributed by atoms with Gasteiger partial charge < -0.3 is 10.1 Å². The van der Waals surface area contributed by atoms with Gasteiger partial charge in [-0.25, -0.2) is 0 Å². The van der Waals surface area contributed by atoms with E-state index in [1.165, 1.54) is 11.0 Å². The van der Waals surface area contributed by atoms with E-state index in [1.54, 1.807) is 25.3 Å². The van der Waals surface area contributed by atoms with Crippen LogP contribution in [-0.2, 0) is 4.74 Å². The number of carbonyl (C=O) groups is 1. The zero-order valence-corrected chi connectivity index (χ0v) is 11.7. The van der Waals surface area contributed by atoms with Crippen LogP contribution in [0.3, 0.4) is 0 Å². The average Bonchev–Trinajstić information content (AvgIpc) is 2.97. The van der Waals surface area contributed by atoms with Crippen molar-refractivity contribution in [2.75, 3.05) is 20.3 Å². The Morgan fingerprint density at radius 3 is 3.05 bits per heavy atom. The van der Waals surface area contributed by atoms with Crippen LogP contribution in [0, 0.1) is 0 Å². The molecule has 1 N–H and O–H groups in total. The van der Waals surface area contributed by atoms with Gasteiger partial charge in [0, 0.05) is 25.3 Å². The molecule has 0 atom stereocenters. The van der Waals surface area contributed by atoms with E-state index in [2.05, 4.69) is 20.8 Å². The topological polar surface area (TPSA) is 81.9 Å². The van der Waals surface area contributed by atoms with Gasteiger partial charge in [-0.15, -0.1) is 5.10 Å². The second-order valence-corrected chi connectivity index (χ2v) is 4.45. The molecule has 0 radical (unpaired) electrons. The quantitative estimate of drug-likeness (QED) is 0.807. The maximum absolute atomic E-state index is 12.2. The Morgan fingerprint density at radius 2 is 2.35 bits per heavy atom. The van der Waals surface area contributed by atoms with Gasteiger partial charge in [-0.3, -0.25) is 4.79 Å². The van der Waals surface area contributed by atoms with Gasteiger partial charge in [0.2, 0.25) is 0 Å². The minimum Gasteiger partial charge on any atom is -0.385 e. The molecule has 1 amide bonds. The summed E-state index contributed by atoms with van der Waals surface area (Å²) in [4.78, 5) is 12.2. The number of methoxy groups -OCH3 is 1. The molecule has 7 nitrogen and oxygen atoms in total. The van der Waals surface area contributed by atoms with Crippen LogP contribution in [0.15, 0.2) is 24.5 Å². The number of nitrogens with one attached hydrogen (secondary N) is 1. The molecule has 0 saturated carbocycles. The molecule has 0 aliphatic heterocycles. The van der Waals surface area contributed by atoms with E-state index in [-0.39, 0.29) is 5.91 Å². The van der Waals surface area contributed by atoms with E-state index < -0.39 is 0 Å². The molecule has 1 aromatic heterocycles. The van der Waals surface area contributed by atoms with Gasteiger partial charge in [-0.1, -0.05) is 11.6 Å². The summed E-state index contributed by atoms with van der Waals surface area (Å²) in [7, 11) is 1.62. The number of benzene rings is 1. The minimum absolute atomic E-state index is 0.228. The number of nitrogens with zero attached hydrogens (tertiary/aromatic N) is 4. The number of hydrogen-bond acceptors (Lipinski definition) is 5. The molecule has 0 spiro atoms. The summed E-state index contributed by atoms with van der Waals surface area (Å²) in [6.45, 7) is 1.11. The van der Waals surface area contributed by atoms with Crippen LogP contribution in [-0.4, -0.2) is 46.4 Å². The fraction of sp³-hybridized carbons (Fsp3) is 0.333. The van der Waals surface area contributed by atoms with E-state index in [4.69, 9.17) is 16.3 Å². The smallest absolute Gasteiger partial charge is 0.253 e. The number of hydrogen-bond donors (Lipinski definition) is 1. The van der Waals surface area contributed by atoms with Crippen molar-refractivity contribution >= 4 is 17.5 Å². The normalized spacial score (nSPS) is 10.5. The molecule has 0 fully saturated rings. The Morgan fingerprint density at radius 1 is 1.50 bits per heavy atom. The summed E-state index contributed by atoms with van der Waals surface area (Å²) in [5, 5.41) is 14.2. The van der Waals surface area contributed by atoms with Crippen molar-refractivity contribution in [1.82, 2.24) is 25.5 Å². The monoisotopic (exact) mass is 295 g/mol. The summed E-state index contributed by atoms with van der Waals surface area (Å²) >= 11 is 5.95. The van der Waals surface area contributed by atoms with E-state index in [0.29, 0.717) is 29.4 Å². The van der Waals surface area contributed by atoms with E-state index in [0.717, 1.165) is 6.42 Å². The van der Waals surface area contributed by atoms with Crippen molar-refractivity contribution in [3.8, 4) is 5.69 Å². The Labute approximate surface area is 120 Å². The van der Waals surface area contributed by atoms with Crippen LogP contribution in [0.5, 0.6) is 0 Å². The SMILES string of the molecule is COCCCNC(=O)c1cc(Cl)ccc1-n1cnnn1. The zero-order chi connectivity index (χ0) is 14.4. The van der Waals surface area contributed by atoms with Gasteiger partial charge in [-0.2, -0.15) is 4.68 Å². The fourth-order valence-electron chi connectivity index (χ4n) is 1.68. The number of rotatable bonds is 6. The zero-order valence-electron chi connectivity index (χ0n) is 10.9. The van der Waals surface area contributed by atoms with E-state index >= 15 is 0 Å². The number of tetrazole rings is 1. The highest BCUT2D eigenvalue weighted by Gasteiger charge is 2.14. The van der Waals surface area contributed by atoms with Gasteiger partial charge in [0.15, 0.2) is 0 Å². The predicted molar refractivity (Wildman–Crippen MR) is 73.0 cm³/mol. The molecular formula is C12H14ClN5O2. The molecule has 0 aliphatic rings. The largest absolute Gasteiger partial charge is 0.385 e. The van der Waals surface area contributed by atoms with Crippen molar-refractivity contribution in [3.05, 3.63) is 35.1 Å². The van der Waals surface area contributed by atoms with Crippen LogP contribution in [0.25, 0.3) is 5.69 Å². The second kappa shape index (κ2) is 6.97. The Balaban J connectivity index is 2.17. The summed E-state index contributed by atoms with van der Waals surface area (Å²) in [5.74, 6) is -0.228. The first-order valence-corrected chi connectivity index (χ1v) is 6.40. The number of halogens is 1. The summed E-state index contributed by atoms with van der Waals surface area (Å²) in [6.07, 6.45) is 2.16. The van der Waals surface area contributed by atoms with Crippen molar-refractivity contribution in [3.63, 3.8) is 0 Å². The molecule has 0 unspecified atom stereocenters. The molecule has 2 rings (SSSR count). The van der Waals surface area contributed by atoms with Crippen LogP contribution >= 0.6 is 11.6 Å². The lowest BCUT2D eigenvalue weighted by Crippen LogP contribution is -2.26. The average molecular weight is 296 g/mol. The van der Waals surface area contributed by atoms with Crippen LogP contribution in [0.1, 0.15) is 16.8 Å². The lowest BCUT2D eigenvalue weighted by molar-refractivity contribution is 0.0948. The summed E-state index contributed by atoms with van der Waals surface area (Å²) in [5.41, 5.74) is 0.992. The number of amides is 1. The third kappa shape index (κ3) is 3.52. The molecule has 8 heteroatoms. The van der Waals surface area contributed by atoms with E-state index in [9.17, 15) is 4.79 Å². The number of carbonyl (C=O) groups excluding carboxylic acids is 1. The van der Waals surface area contributed by atoms with Crippen LogP contribution < -0.4 is 5.32 Å². The highest BCUT2D eigenvalue weighted by atomic mass is 35.5. The Hall–Kier alpha value is -1.99. The Bertz CT molecular complexity index is 573. The first kappa shape index (κ1) is 14.4. The summed E-state index contributed by atoms with van der Waals surface area (Å²) < 4.78 is 6.35. The predicted octanol–water partition coefficient (Wildman–Crippen LogP) is 1.08. The Kier molecular flexibility index (Phi) is 5.03. The van der Waals surface area contributed by atoms with Gasteiger partial charge in [0.05, 0.1) is 11.3 Å². The molecule has 20 heavy (non-hydrogen) atoms. The van der Waals surface area contributed by atoms with Crippen LogP contribution in [0.4, 0.5) is 0 Å². The third-order valence-electron chi connectivity index (χ3n) is 2.61. The molecule has 2 aromatic rings. The first-order chi connectivity index (χ1) is 9.72. The molecule has 106 valence electrons. The van der Waals surface area contributed by atoms with Gasteiger partial charge in [0.25, 0.3) is 5.91 Å². The van der Waals surface area contributed by atoms with Crippen molar-refractivity contribution in [1.29, 1.82) is 0 Å².